The molecule has 2 aromatic carbocycles. The third kappa shape index (κ3) is 2.92. The van der Waals surface area contributed by atoms with Gasteiger partial charge in [-0.25, -0.2) is 8.42 Å². The van der Waals surface area contributed by atoms with Gasteiger partial charge in [0.15, 0.2) is 6.23 Å². The largest absolute Gasteiger partial charge is 0.356 e. The number of nitrogens with zero attached hydrogens (tertiary/aromatic N) is 1. The summed E-state index contributed by atoms with van der Waals surface area (Å²) in [6.45, 7) is 6.08. The first-order chi connectivity index (χ1) is 10.8. The number of hydrogen-bond donors (Lipinski definition) is 0. The van der Waals surface area contributed by atoms with Crippen LogP contribution in [-0.4, -0.2) is 24.9 Å². The average Bonchev–Trinajstić information content (AvgIpc) is 2.85. The second-order valence-corrected chi connectivity index (χ2v) is 8.32. The van der Waals surface area contributed by atoms with E-state index in [1.807, 2.05) is 63.2 Å². The minimum absolute atomic E-state index is 0.294. The van der Waals surface area contributed by atoms with Crippen molar-refractivity contribution in [2.45, 2.75) is 37.4 Å². The van der Waals surface area contributed by atoms with Gasteiger partial charge in [-0.2, -0.15) is 4.31 Å². The van der Waals surface area contributed by atoms with Gasteiger partial charge in [0, 0.05) is 0 Å². The molecule has 0 aliphatic carbocycles. The molecule has 2 aromatic rings. The van der Waals surface area contributed by atoms with E-state index < -0.39 is 21.8 Å². The normalized spacial score (nSPS) is 21.4. The molecule has 1 fully saturated rings. The van der Waals surface area contributed by atoms with Gasteiger partial charge in [-0.05, 0) is 38.5 Å². The van der Waals surface area contributed by atoms with Crippen LogP contribution in [0.15, 0.2) is 59.5 Å². The number of ether oxygens (including phenoxy) is 1. The molecule has 1 aliphatic heterocycles. The van der Waals surface area contributed by atoms with Crippen molar-refractivity contribution in [2.75, 3.05) is 6.61 Å². The molecule has 1 aliphatic rings. The number of aryl methyl sites for hydroxylation is 1. The molecule has 3 rings (SSSR count). The zero-order valence-electron chi connectivity index (χ0n) is 13.6. The van der Waals surface area contributed by atoms with Crippen molar-refractivity contribution < 1.29 is 13.2 Å². The van der Waals surface area contributed by atoms with Gasteiger partial charge in [-0.15, -0.1) is 0 Å². The molecule has 0 saturated carbocycles. The number of sulfonamides is 1. The van der Waals surface area contributed by atoms with Gasteiger partial charge in [0.25, 0.3) is 0 Å². The van der Waals surface area contributed by atoms with Crippen molar-refractivity contribution in [3.05, 3.63) is 65.7 Å². The monoisotopic (exact) mass is 331 g/mol. The van der Waals surface area contributed by atoms with Gasteiger partial charge < -0.3 is 4.74 Å². The standard InChI is InChI=1S/C18H21NO3S/c1-14-9-11-16(12-10-14)23(20,21)19-17(22-13-18(19,2)3)15-7-5-4-6-8-15/h4-12,17H,13H2,1-3H3. The van der Waals surface area contributed by atoms with Crippen molar-refractivity contribution >= 4 is 10.0 Å². The molecule has 0 radical (unpaired) electrons. The van der Waals surface area contributed by atoms with Crippen molar-refractivity contribution in [2.24, 2.45) is 0 Å². The van der Waals surface area contributed by atoms with E-state index in [4.69, 9.17) is 4.74 Å². The highest BCUT2D eigenvalue weighted by Crippen LogP contribution is 2.41. The third-order valence-electron chi connectivity index (χ3n) is 4.07. The first kappa shape index (κ1) is 16.2. The van der Waals surface area contributed by atoms with Crippen LogP contribution in [0.1, 0.15) is 31.2 Å². The van der Waals surface area contributed by atoms with Crippen LogP contribution in [-0.2, 0) is 14.8 Å². The third-order valence-corrected chi connectivity index (χ3v) is 6.14. The van der Waals surface area contributed by atoms with Crippen molar-refractivity contribution in [3.8, 4) is 0 Å². The van der Waals surface area contributed by atoms with Crippen LogP contribution >= 0.6 is 0 Å². The highest BCUT2D eigenvalue weighted by molar-refractivity contribution is 7.89. The lowest BCUT2D eigenvalue weighted by molar-refractivity contribution is 0.0677. The molecule has 1 saturated heterocycles. The molecule has 5 heteroatoms. The Labute approximate surface area is 137 Å². The lowest BCUT2D eigenvalue weighted by Gasteiger charge is -2.32. The van der Waals surface area contributed by atoms with Gasteiger partial charge in [0.05, 0.1) is 17.0 Å². The summed E-state index contributed by atoms with van der Waals surface area (Å²) in [7, 11) is -3.65. The first-order valence-electron chi connectivity index (χ1n) is 7.60. The molecular weight excluding hydrogens is 310 g/mol. The van der Waals surface area contributed by atoms with E-state index in [9.17, 15) is 8.42 Å². The topological polar surface area (TPSA) is 46.6 Å². The predicted molar refractivity (Wildman–Crippen MR) is 89.4 cm³/mol. The molecule has 1 heterocycles. The second-order valence-electron chi connectivity index (χ2n) is 6.50. The molecule has 0 N–H and O–H groups in total. The smallest absolute Gasteiger partial charge is 0.246 e. The van der Waals surface area contributed by atoms with Crippen LogP contribution in [0, 0.1) is 6.92 Å². The van der Waals surface area contributed by atoms with Crippen LogP contribution < -0.4 is 0 Å². The molecule has 0 bridgehead atoms. The summed E-state index contributed by atoms with van der Waals surface area (Å²) in [4.78, 5) is 0.294. The highest BCUT2D eigenvalue weighted by Gasteiger charge is 2.48. The van der Waals surface area contributed by atoms with Gasteiger partial charge in [0.2, 0.25) is 10.0 Å². The Kier molecular flexibility index (Phi) is 4.04. The van der Waals surface area contributed by atoms with Crippen molar-refractivity contribution in [1.82, 2.24) is 4.31 Å². The summed E-state index contributed by atoms with van der Waals surface area (Å²) in [5, 5.41) is 0. The summed E-state index contributed by atoms with van der Waals surface area (Å²) >= 11 is 0. The highest BCUT2D eigenvalue weighted by atomic mass is 32.2. The van der Waals surface area contributed by atoms with Gasteiger partial charge in [0.1, 0.15) is 0 Å². The summed E-state index contributed by atoms with van der Waals surface area (Å²) in [5.41, 5.74) is 1.26. The summed E-state index contributed by atoms with van der Waals surface area (Å²) in [5.74, 6) is 0. The van der Waals surface area contributed by atoms with Crippen molar-refractivity contribution in [1.29, 1.82) is 0 Å². The molecule has 1 unspecified atom stereocenters. The zero-order chi connectivity index (χ0) is 16.7. The van der Waals surface area contributed by atoms with E-state index in [-0.39, 0.29) is 0 Å². The van der Waals surface area contributed by atoms with E-state index in [0.717, 1.165) is 11.1 Å². The molecule has 4 nitrogen and oxygen atoms in total. The van der Waals surface area contributed by atoms with Crippen LogP contribution in [0.3, 0.4) is 0 Å². The minimum atomic E-state index is -3.65. The van der Waals surface area contributed by atoms with Crippen LogP contribution in [0.2, 0.25) is 0 Å². The molecule has 1 atom stereocenters. The summed E-state index contributed by atoms with van der Waals surface area (Å²) in [6, 6.07) is 16.4. The second kappa shape index (κ2) is 5.74. The lowest BCUT2D eigenvalue weighted by Crippen LogP contribution is -2.45. The maximum atomic E-state index is 13.2. The van der Waals surface area contributed by atoms with E-state index in [2.05, 4.69) is 0 Å². The van der Waals surface area contributed by atoms with E-state index in [1.54, 1.807) is 12.1 Å². The Balaban J connectivity index is 2.07. The number of rotatable bonds is 3. The fourth-order valence-corrected chi connectivity index (χ4v) is 4.70. The fraction of sp³-hybridized carbons (Fsp3) is 0.333. The Hall–Kier alpha value is -1.69. The van der Waals surface area contributed by atoms with E-state index in [1.165, 1.54) is 4.31 Å². The minimum Gasteiger partial charge on any atom is -0.356 e. The number of benzene rings is 2. The maximum Gasteiger partial charge on any atom is 0.246 e. The molecule has 0 amide bonds. The van der Waals surface area contributed by atoms with Gasteiger partial charge in [-0.1, -0.05) is 48.0 Å². The molecular formula is C18H21NO3S. The molecule has 122 valence electrons. The Bertz CT molecular complexity index is 783. The number of hydrogen-bond acceptors (Lipinski definition) is 3. The predicted octanol–water partition coefficient (Wildman–Crippen LogP) is 3.49. The zero-order valence-corrected chi connectivity index (χ0v) is 14.4. The van der Waals surface area contributed by atoms with Crippen molar-refractivity contribution in [3.63, 3.8) is 0 Å². The fourth-order valence-electron chi connectivity index (χ4n) is 2.86. The molecule has 0 spiro atoms. The summed E-state index contributed by atoms with van der Waals surface area (Å²) in [6.07, 6.45) is -0.600. The first-order valence-corrected chi connectivity index (χ1v) is 9.04. The summed E-state index contributed by atoms with van der Waals surface area (Å²) < 4.78 is 33.7. The average molecular weight is 331 g/mol. The van der Waals surface area contributed by atoms with Crippen LogP contribution in [0.25, 0.3) is 0 Å². The lowest BCUT2D eigenvalue weighted by atomic mass is 10.1. The Morgan fingerprint density at radius 2 is 1.65 bits per heavy atom. The van der Waals surface area contributed by atoms with E-state index in [0.29, 0.717) is 11.5 Å². The van der Waals surface area contributed by atoms with E-state index >= 15 is 0 Å². The van der Waals surface area contributed by atoms with Gasteiger partial charge in [-0.3, -0.25) is 0 Å². The maximum absolute atomic E-state index is 13.2. The van der Waals surface area contributed by atoms with Crippen LogP contribution in [0.4, 0.5) is 0 Å². The molecule has 0 aromatic heterocycles. The SMILES string of the molecule is Cc1ccc(S(=O)(=O)N2C(c3ccccc3)OCC2(C)C)cc1. The van der Waals surface area contributed by atoms with Crippen LogP contribution in [0.5, 0.6) is 0 Å². The molecule has 23 heavy (non-hydrogen) atoms. The Morgan fingerprint density at radius 3 is 2.26 bits per heavy atom. The van der Waals surface area contributed by atoms with Gasteiger partial charge >= 0.3 is 0 Å². The quantitative estimate of drug-likeness (QED) is 0.865. The Morgan fingerprint density at radius 1 is 1.04 bits per heavy atom.